The van der Waals surface area contributed by atoms with Gasteiger partial charge in [0.15, 0.2) is 34.9 Å². The Morgan fingerprint density at radius 1 is 1.14 bits per heavy atom. The molecule has 1 amide bonds. The second-order valence-electron chi connectivity index (χ2n) is 5.99. The van der Waals surface area contributed by atoms with Gasteiger partial charge in [0.25, 0.3) is 5.91 Å². The Hall–Kier alpha value is -3.33. The van der Waals surface area contributed by atoms with Crippen molar-refractivity contribution in [2.24, 2.45) is 5.10 Å². The van der Waals surface area contributed by atoms with Gasteiger partial charge in [-0.05, 0) is 29.8 Å². The van der Waals surface area contributed by atoms with Gasteiger partial charge in [-0.25, -0.2) is 9.82 Å². The Morgan fingerprint density at radius 3 is 2.59 bits per heavy atom. The first-order valence-corrected chi connectivity index (χ1v) is 8.74. The van der Waals surface area contributed by atoms with Crippen LogP contribution in [0.4, 0.5) is 4.39 Å². The molecule has 154 valence electrons. The molecule has 1 atom stereocenters. The van der Waals surface area contributed by atoms with Crippen LogP contribution < -0.4 is 24.4 Å². The van der Waals surface area contributed by atoms with Gasteiger partial charge in [0.2, 0.25) is 0 Å². The Morgan fingerprint density at radius 2 is 1.90 bits per heavy atom. The molecule has 9 heteroatoms. The van der Waals surface area contributed by atoms with E-state index in [4.69, 9.17) is 23.7 Å². The minimum Gasteiger partial charge on any atom is -0.493 e. The van der Waals surface area contributed by atoms with Crippen molar-refractivity contribution < 1.29 is 32.9 Å². The monoisotopic (exact) mass is 404 g/mol. The second kappa shape index (κ2) is 9.24. The highest BCUT2D eigenvalue weighted by Crippen LogP contribution is 2.33. The zero-order valence-electron chi connectivity index (χ0n) is 16.2. The molecule has 1 aliphatic rings. The van der Waals surface area contributed by atoms with Crippen molar-refractivity contribution in [2.75, 3.05) is 34.5 Å². The number of methoxy groups -OCH3 is 3. The normalized spacial score (nSPS) is 13.8. The summed E-state index contributed by atoms with van der Waals surface area (Å²) in [5.41, 5.74) is 3.35. The lowest BCUT2D eigenvalue weighted by Gasteiger charge is -2.20. The number of rotatable bonds is 7. The number of hydrazone groups is 1. The molecule has 29 heavy (non-hydrogen) atoms. The van der Waals surface area contributed by atoms with Crippen LogP contribution in [0.1, 0.15) is 17.2 Å². The van der Waals surface area contributed by atoms with E-state index in [2.05, 4.69) is 10.5 Å². The van der Waals surface area contributed by atoms with Gasteiger partial charge in [0.1, 0.15) is 13.2 Å². The van der Waals surface area contributed by atoms with Gasteiger partial charge in [-0.15, -0.1) is 0 Å². The van der Waals surface area contributed by atoms with Crippen molar-refractivity contribution in [3.05, 3.63) is 47.3 Å². The van der Waals surface area contributed by atoms with Crippen LogP contribution >= 0.6 is 0 Å². The lowest BCUT2D eigenvalue weighted by molar-refractivity contribution is -0.131. The van der Waals surface area contributed by atoms with Gasteiger partial charge in [-0.1, -0.05) is 6.07 Å². The highest BCUT2D eigenvalue weighted by Gasteiger charge is 2.22. The number of amides is 1. The van der Waals surface area contributed by atoms with Crippen LogP contribution in [-0.2, 0) is 9.53 Å². The third-order valence-corrected chi connectivity index (χ3v) is 4.19. The molecule has 0 aliphatic carbocycles. The van der Waals surface area contributed by atoms with E-state index in [0.29, 0.717) is 35.8 Å². The highest BCUT2D eigenvalue weighted by atomic mass is 19.1. The third kappa shape index (κ3) is 4.57. The van der Waals surface area contributed by atoms with Crippen molar-refractivity contribution in [3.63, 3.8) is 0 Å². The smallest absolute Gasteiger partial charge is 0.273 e. The standard InChI is InChI=1S/C20H21FN2O6/c1-25-17-9-12(8-14(21)19(17)27-3)11-22-23-20(24)18(26-2)13-4-5-15-16(10-13)29-7-6-28-15/h4-5,8-11,18H,6-7H2,1-3H3,(H,23,24)/b22-11+. The minimum atomic E-state index is -0.912. The van der Waals surface area contributed by atoms with Crippen LogP contribution in [0.5, 0.6) is 23.0 Å². The molecule has 1 aliphatic heterocycles. The molecule has 0 bridgehead atoms. The summed E-state index contributed by atoms with van der Waals surface area (Å²) in [5, 5.41) is 3.87. The summed E-state index contributed by atoms with van der Waals surface area (Å²) < 4.78 is 40.4. The van der Waals surface area contributed by atoms with Crippen molar-refractivity contribution >= 4 is 12.1 Å². The van der Waals surface area contributed by atoms with E-state index in [1.807, 2.05) is 0 Å². The largest absolute Gasteiger partial charge is 0.493 e. The molecule has 8 nitrogen and oxygen atoms in total. The number of benzene rings is 2. The number of hydrogen-bond donors (Lipinski definition) is 1. The number of carbonyl (C=O) groups excluding carboxylic acids is 1. The number of carbonyl (C=O) groups is 1. The summed E-state index contributed by atoms with van der Waals surface area (Å²) in [6.45, 7) is 0.915. The number of hydrogen-bond acceptors (Lipinski definition) is 7. The lowest BCUT2D eigenvalue weighted by Crippen LogP contribution is -2.27. The van der Waals surface area contributed by atoms with Crippen LogP contribution in [0.2, 0.25) is 0 Å². The predicted molar refractivity (Wildman–Crippen MR) is 102 cm³/mol. The van der Waals surface area contributed by atoms with Crippen molar-refractivity contribution in [2.45, 2.75) is 6.10 Å². The lowest BCUT2D eigenvalue weighted by atomic mass is 10.1. The predicted octanol–water partition coefficient (Wildman–Crippen LogP) is 2.45. The van der Waals surface area contributed by atoms with Gasteiger partial charge in [-0.3, -0.25) is 4.79 Å². The van der Waals surface area contributed by atoms with Gasteiger partial charge < -0.3 is 23.7 Å². The van der Waals surface area contributed by atoms with Crippen molar-refractivity contribution in [3.8, 4) is 23.0 Å². The molecule has 1 N–H and O–H groups in total. The fraction of sp³-hybridized carbons (Fsp3) is 0.300. The SMILES string of the molecule is COc1cc(/C=N/NC(=O)C(OC)c2ccc3c(c2)OCCO3)cc(F)c1OC. The molecule has 0 aromatic heterocycles. The molecule has 0 saturated heterocycles. The maximum atomic E-state index is 14.0. The summed E-state index contributed by atoms with van der Waals surface area (Å²) in [4.78, 5) is 12.5. The van der Waals surface area contributed by atoms with E-state index in [9.17, 15) is 9.18 Å². The Bertz CT molecular complexity index is 918. The van der Waals surface area contributed by atoms with E-state index in [0.717, 1.165) is 0 Å². The summed E-state index contributed by atoms with van der Waals surface area (Å²) >= 11 is 0. The van der Waals surface area contributed by atoms with Gasteiger partial charge in [0.05, 0.1) is 20.4 Å². The molecule has 2 aromatic rings. The quantitative estimate of drug-likeness (QED) is 0.564. The van der Waals surface area contributed by atoms with Crippen molar-refractivity contribution in [1.29, 1.82) is 0 Å². The molecule has 2 aromatic carbocycles. The maximum Gasteiger partial charge on any atom is 0.273 e. The van der Waals surface area contributed by atoms with E-state index in [1.165, 1.54) is 39.7 Å². The third-order valence-electron chi connectivity index (χ3n) is 4.19. The van der Waals surface area contributed by atoms with Gasteiger partial charge >= 0.3 is 0 Å². The number of halogens is 1. The van der Waals surface area contributed by atoms with Crippen LogP contribution in [0.3, 0.4) is 0 Å². The van der Waals surface area contributed by atoms with E-state index < -0.39 is 17.8 Å². The Balaban J connectivity index is 1.71. The molecule has 0 saturated carbocycles. The van der Waals surface area contributed by atoms with Crippen LogP contribution in [0, 0.1) is 5.82 Å². The van der Waals surface area contributed by atoms with E-state index in [1.54, 1.807) is 18.2 Å². The fourth-order valence-electron chi connectivity index (χ4n) is 2.86. The summed E-state index contributed by atoms with van der Waals surface area (Å²) in [5.74, 6) is 0.266. The molecule has 0 radical (unpaired) electrons. The average molecular weight is 404 g/mol. The molecule has 1 heterocycles. The van der Waals surface area contributed by atoms with E-state index >= 15 is 0 Å². The Kier molecular flexibility index (Phi) is 6.50. The highest BCUT2D eigenvalue weighted by molar-refractivity contribution is 5.85. The van der Waals surface area contributed by atoms with E-state index in [-0.39, 0.29) is 11.5 Å². The minimum absolute atomic E-state index is 0.00765. The summed E-state index contributed by atoms with van der Waals surface area (Å²) in [7, 11) is 4.16. The first-order valence-electron chi connectivity index (χ1n) is 8.74. The number of fused-ring (bicyclic) bond motifs is 1. The summed E-state index contributed by atoms with van der Waals surface area (Å²) in [6, 6.07) is 7.88. The first kappa shape index (κ1) is 20.4. The van der Waals surface area contributed by atoms with Gasteiger partial charge in [-0.2, -0.15) is 5.10 Å². The maximum absolute atomic E-state index is 14.0. The molecular weight excluding hydrogens is 383 g/mol. The number of ether oxygens (including phenoxy) is 5. The fourth-order valence-corrected chi connectivity index (χ4v) is 2.86. The van der Waals surface area contributed by atoms with Gasteiger partial charge in [0, 0.05) is 12.7 Å². The molecule has 1 unspecified atom stereocenters. The Labute approximate surface area is 167 Å². The van der Waals surface area contributed by atoms with Crippen LogP contribution in [0.15, 0.2) is 35.4 Å². The molecule has 3 rings (SSSR count). The molecule has 0 spiro atoms. The molecule has 0 fully saturated rings. The zero-order chi connectivity index (χ0) is 20.8. The van der Waals surface area contributed by atoms with Crippen LogP contribution in [0.25, 0.3) is 0 Å². The zero-order valence-corrected chi connectivity index (χ0v) is 16.2. The summed E-state index contributed by atoms with van der Waals surface area (Å²) in [6.07, 6.45) is 0.379. The molecular formula is C20H21FN2O6. The second-order valence-corrected chi connectivity index (χ2v) is 5.99. The topological polar surface area (TPSA) is 87.6 Å². The van der Waals surface area contributed by atoms with Crippen LogP contribution in [-0.4, -0.2) is 46.7 Å². The van der Waals surface area contributed by atoms with Crippen molar-refractivity contribution in [1.82, 2.24) is 5.43 Å². The first-order chi connectivity index (χ1) is 14.1. The average Bonchev–Trinajstić information content (AvgIpc) is 2.73. The number of nitrogens with zero attached hydrogens (tertiary/aromatic N) is 1. The number of nitrogens with one attached hydrogen (secondary N) is 1.